The Morgan fingerprint density at radius 3 is 1.16 bits per heavy atom. The van der Waals surface area contributed by atoms with Gasteiger partial charge in [-0.1, -0.05) is 135 Å². The van der Waals surface area contributed by atoms with Crippen LogP contribution in [-0.4, -0.2) is 47.3 Å². The number of Topliss-reactive ketones (excluding diaryl/α,β-unsaturated/α-hetero) is 4. The summed E-state index contributed by atoms with van der Waals surface area (Å²) in [5.41, 5.74) is 6.43. The first-order valence-corrected chi connectivity index (χ1v) is 20.0. The van der Waals surface area contributed by atoms with Crippen molar-refractivity contribution >= 4 is 35.1 Å². The summed E-state index contributed by atoms with van der Waals surface area (Å²) < 4.78 is 10.9. The van der Waals surface area contributed by atoms with Crippen LogP contribution in [0.4, 0.5) is 0 Å². The number of allylic oxidation sites excluding steroid dienone is 20. The maximum absolute atomic E-state index is 13.0. The summed E-state index contributed by atoms with van der Waals surface area (Å²) in [4.78, 5) is 72.9. The molecule has 0 spiro atoms. The lowest BCUT2D eigenvalue weighted by molar-refractivity contribution is -0.156. The van der Waals surface area contributed by atoms with Gasteiger partial charge in [-0.05, 0) is 88.5 Å². The molecule has 2 aliphatic carbocycles. The van der Waals surface area contributed by atoms with E-state index in [2.05, 4.69) is 0 Å². The average Bonchev–Trinajstić information content (AvgIpc) is 3.12. The first-order chi connectivity index (χ1) is 27.0. The number of esters is 2. The van der Waals surface area contributed by atoms with Crippen molar-refractivity contribution < 1.29 is 38.2 Å². The zero-order chi connectivity index (χ0) is 43.8. The van der Waals surface area contributed by atoms with Crippen molar-refractivity contribution in [2.45, 2.75) is 134 Å². The molecule has 2 unspecified atom stereocenters. The Kier molecular flexibility index (Phi) is 19.1. The van der Waals surface area contributed by atoms with Gasteiger partial charge in [0.2, 0.25) is 0 Å². The molecule has 2 aliphatic rings. The van der Waals surface area contributed by atoms with Gasteiger partial charge in [-0.3, -0.25) is 19.2 Å². The fourth-order valence-electron chi connectivity index (χ4n) is 6.75. The highest BCUT2D eigenvalue weighted by Crippen LogP contribution is 2.42. The zero-order valence-electron chi connectivity index (χ0n) is 36.7. The molecule has 0 fully saturated rings. The van der Waals surface area contributed by atoms with Gasteiger partial charge in [0.25, 0.3) is 0 Å². The van der Waals surface area contributed by atoms with Crippen LogP contribution in [0, 0.1) is 10.8 Å². The third kappa shape index (κ3) is 16.3. The molecule has 2 atom stereocenters. The second-order valence-electron chi connectivity index (χ2n) is 16.8. The van der Waals surface area contributed by atoms with Crippen molar-refractivity contribution in [3.8, 4) is 0 Å². The largest absolute Gasteiger partial charge is 0.454 e. The lowest BCUT2D eigenvalue weighted by Gasteiger charge is -2.36. The van der Waals surface area contributed by atoms with Crippen LogP contribution in [0.1, 0.15) is 122 Å². The van der Waals surface area contributed by atoms with Crippen LogP contribution in [0.5, 0.6) is 0 Å². The molecule has 2 rings (SSSR count). The van der Waals surface area contributed by atoms with Crippen molar-refractivity contribution in [1.29, 1.82) is 0 Å². The summed E-state index contributed by atoms with van der Waals surface area (Å²) in [6.07, 6.45) is 27.3. The molecule has 0 N–H and O–H groups in total. The fraction of sp³-hybridized carbons (Fsp3) is 0.440. The van der Waals surface area contributed by atoms with Gasteiger partial charge in [-0.25, -0.2) is 0 Å². The van der Waals surface area contributed by atoms with E-state index in [0.717, 1.165) is 33.4 Å². The molecule has 0 bridgehead atoms. The summed E-state index contributed by atoms with van der Waals surface area (Å²) in [6.45, 7) is 22.6. The monoisotopic (exact) mass is 792 g/mol. The zero-order valence-corrected chi connectivity index (χ0v) is 36.7. The normalized spacial score (nSPS) is 21.1. The van der Waals surface area contributed by atoms with Gasteiger partial charge in [0, 0.05) is 25.7 Å². The van der Waals surface area contributed by atoms with Crippen LogP contribution in [-0.2, 0) is 38.2 Å². The Morgan fingerprint density at radius 1 is 0.517 bits per heavy atom. The molecule has 58 heavy (non-hydrogen) atoms. The molecule has 0 aromatic carbocycles. The molecule has 8 nitrogen and oxygen atoms in total. The van der Waals surface area contributed by atoms with Gasteiger partial charge in [0.05, 0.1) is 12.8 Å². The number of rotatable bonds is 18. The number of hydrogen-bond donors (Lipinski definition) is 0. The van der Waals surface area contributed by atoms with E-state index in [-0.39, 0.29) is 59.6 Å². The molecule has 0 saturated heterocycles. The lowest BCUT2D eigenvalue weighted by atomic mass is 9.71. The van der Waals surface area contributed by atoms with Crippen molar-refractivity contribution in [1.82, 2.24) is 0 Å². The smallest absolute Gasteiger partial charge is 0.306 e. The van der Waals surface area contributed by atoms with Gasteiger partial charge in [-0.15, -0.1) is 0 Å². The maximum atomic E-state index is 13.0. The number of carbonyl (C=O) groups excluding carboxylic acids is 6. The minimum absolute atomic E-state index is 0.0195. The summed E-state index contributed by atoms with van der Waals surface area (Å²) in [7, 11) is 0. The fourth-order valence-corrected chi connectivity index (χ4v) is 6.75. The Hall–Kier alpha value is -5.24. The van der Waals surface area contributed by atoms with E-state index in [9.17, 15) is 28.8 Å². The Morgan fingerprint density at radius 2 is 0.828 bits per heavy atom. The highest BCUT2D eigenvalue weighted by Gasteiger charge is 2.41. The number of hydrogen-bond acceptors (Lipinski definition) is 8. The van der Waals surface area contributed by atoms with E-state index < -0.39 is 24.1 Å². The summed E-state index contributed by atoms with van der Waals surface area (Å²) in [5, 5.41) is 0. The van der Waals surface area contributed by atoms with Crippen LogP contribution < -0.4 is 0 Å². The second-order valence-corrected chi connectivity index (χ2v) is 16.8. The highest BCUT2D eigenvalue weighted by atomic mass is 16.6. The molecule has 0 aromatic heterocycles. The van der Waals surface area contributed by atoms with Crippen molar-refractivity contribution in [2.75, 3.05) is 0 Å². The topological polar surface area (TPSA) is 121 Å². The molecule has 0 aromatic rings. The Labute approximate surface area is 346 Å². The van der Waals surface area contributed by atoms with Crippen LogP contribution in [0.2, 0.25) is 0 Å². The molecule has 8 heteroatoms. The third-order valence-electron chi connectivity index (χ3n) is 10.2. The highest BCUT2D eigenvalue weighted by molar-refractivity contribution is 6.02. The van der Waals surface area contributed by atoms with Gasteiger partial charge in [0.15, 0.2) is 23.8 Å². The first-order valence-electron chi connectivity index (χ1n) is 20.0. The van der Waals surface area contributed by atoms with E-state index in [4.69, 9.17) is 9.47 Å². The van der Waals surface area contributed by atoms with Crippen molar-refractivity contribution in [3.05, 3.63) is 130 Å². The summed E-state index contributed by atoms with van der Waals surface area (Å²) in [6, 6.07) is 0. The van der Waals surface area contributed by atoms with E-state index in [1.54, 1.807) is 13.8 Å². The van der Waals surface area contributed by atoms with Crippen LogP contribution in [0.3, 0.4) is 0 Å². The van der Waals surface area contributed by atoms with E-state index in [1.165, 1.54) is 13.8 Å². The van der Waals surface area contributed by atoms with E-state index in [1.807, 2.05) is 140 Å². The van der Waals surface area contributed by atoms with Crippen molar-refractivity contribution in [3.63, 3.8) is 0 Å². The molecule has 0 saturated carbocycles. The average molecular weight is 793 g/mol. The van der Waals surface area contributed by atoms with Gasteiger partial charge in [-0.2, -0.15) is 0 Å². The number of carbonyl (C=O) groups is 6. The van der Waals surface area contributed by atoms with E-state index >= 15 is 0 Å². The summed E-state index contributed by atoms with van der Waals surface area (Å²) >= 11 is 0. The van der Waals surface area contributed by atoms with Crippen LogP contribution >= 0.6 is 0 Å². The standard InChI is InChI=1S/C50H64O8/c1-33(19-15-21-35(3)23-27-41-39(7)47(55)43(31-49(41,9)10)57-45(53)29-25-37(5)51)17-13-14-18-34(2)20-16-22-36(4)24-28-42-40(8)48(56)44(32-50(42,11)12)58-46(54)30-26-38(6)52/h13-24,27-28,43-44H,25-26,29-32H2,1-12H3/b14-13+,19-15?,20-16?,27-23+,28-24+,33-17?,34-18?,35-21?,36-22?. The number of ether oxygens (including phenoxy) is 2. The van der Waals surface area contributed by atoms with Crippen LogP contribution in [0.15, 0.2) is 130 Å². The lowest BCUT2D eigenvalue weighted by Crippen LogP contribution is -2.39. The number of ketones is 4. The molecular formula is C50H64O8. The molecule has 0 aliphatic heterocycles. The van der Waals surface area contributed by atoms with Gasteiger partial charge < -0.3 is 19.1 Å². The SMILES string of the molecule is CC(=O)CCC(=O)OC1CC(C)(C)C(/C=C/C(C)=CC=CC(C)=C/C=C/C=C(C)C=CC=C(C)/C=C/C2=C(C)C(=O)C(OC(=O)CCC(C)=O)CC2(C)C)=C(C)C1=O. The van der Waals surface area contributed by atoms with Gasteiger partial charge in [0.1, 0.15) is 11.6 Å². The molecular weight excluding hydrogens is 729 g/mol. The summed E-state index contributed by atoms with van der Waals surface area (Å²) in [5.74, 6) is -1.62. The molecule has 312 valence electrons. The minimum atomic E-state index is -0.839. The second kappa shape index (κ2) is 22.6. The minimum Gasteiger partial charge on any atom is -0.454 e. The quantitative estimate of drug-likeness (QED) is 0.0993. The molecule has 0 radical (unpaired) electrons. The molecule has 0 heterocycles. The van der Waals surface area contributed by atoms with E-state index in [0.29, 0.717) is 24.0 Å². The Bertz CT molecular complexity index is 1810. The van der Waals surface area contributed by atoms with Crippen LogP contribution in [0.25, 0.3) is 0 Å². The molecule has 0 amide bonds. The van der Waals surface area contributed by atoms with Crippen molar-refractivity contribution in [2.24, 2.45) is 10.8 Å². The predicted molar refractivity (Wildman–Crippen MR) is 233 cm³/mol. The first kappa shape index (κ1) is 48.9. The third-order valence-corrected chi connectivity index (χ3v) is 10.2. The Balaban J connectivity index is 1.97. The predicted octanol–water partition coefficient (Wildman–Crippen LogP) is 10.7. The van der Waals surface area contributed by atoms with Gasteiger partial charge >= 0.3 is 11.9 Å². The maximum Gasteiger partial charge on any atom is 0.306 e.